The zero-order valence-corrected chi connectivity index (χ0v) is 11.5. The summed E-state index contributed by atoms with van der Waals surface area (Å²) in [7, 11) is 1.77. The second-order valence-corrected chi connectivity index (χ2v) is 6.17. The molecule has 3 unspecified atom stereocenters. The molecule has 2 fully saturated rings. The lowest BCUT2D eigenvalue weighted by molar-refractivity contribution is 0.0934. The van der Waals surface area contributed by atoms with E-state index in [2.05, 4.69) is 26.2 Å². The van der Waals surface area contributed by atoms with E-state index in [4.69, 9.17) is 0 Å². The highest BCUT2D eigenvalue weighted by Crippen LogP contribution is 2.49. The minimum atomic E-state index is 0.182. The second kappa shape index (κ2) is 4.19. The number of aromatic nitrogens is 3. The molecule has 3 rings (SSSR count). The highest BCUT2D eigenvalue weighted by molar-refractivity contribution is 9.10. The molecule has 2 aliphatic rings. The van der Waals surface area contributed by atoms with Gasteiger partial charge >= 0.3 is 0 Å². The van der Waals surface area contributed by atoms with Gasteiger partial charge in [0.1, 0.15) is 5.69 Å². The number of Topliss-reactive ketones (excluding diaryl/α,β-unsaturated/α-hetero) is 1. The van der Waals surface area contributed by atoms with Crippen LogP contribution in [0.5, 0.6) is 0 Å². The van der Waals surface area contributed by atoms with Gasteiger partial charge in [0.25, 0.3) is 0 Å². The third kappa shape index (κ3) is 1.94. The molecule has 2 aliphatic carbocycles. The summed E-state index contributed by atoms with van der Waals surface area (Å²) in [6, 6.07) is 0. The number of ketones is 1. The van der Waals surface area contributed by atoms with Crippen LogP contribution >= 0.6 is 15.9 Å². The highest BCUT2D eigenvalue weighted by Gasteiger charge is 2.40. The van der Waals surface area contributed by atoms with Crippen LogP contribution in [-0.4, -0.2) is 20.8 Å². The molecule has 0 radical (unpaired) electrons. The summed E-state index contributed by atoms with van der Waals surface area (Å²) >= 11 is 3.29. The van der Waals surface area contributed by atoms with Crippen LogP contribution in [-0.2, 0) is 7.05 Å². The van der Waals surface area contributed by atoms with E-state index in [1.54, 1.807) is 11.7 Å². The van der Waals surface area contributed by atoms with Gasteiger partial charge in [0, 0.05) is 13.5 Å². The predicted octanol–water partition coefficient (Wildman–Crippen LogP) is 2.59. The first-order valence-electron chi connectivity index (χ1n) is 6.23. The number of carbonyl (C=O) groups is 1. The smallest absolute Gasteiger partial charge is 0.183 e. The van der Waals surface area contributed by atoms with Gasteiger partial charge in [-0.1, -0.05) is 11.6 Å². The average molecular weight is 298 g/mol. The summed E-state index contributed by atoms with van der Waals surface area (Å²) in [6.07, 6.45) is 5.97. The molecule has 0 aliphatic heterocycles. The van der Waals surface area contributed by atoms with Crippen molar-refractivity contribution in [3.8, 4) is 0 Å². The maximum atomic E-state index is 12.2. The zero-order valence-electron chi connectivity index (χ0n) is 9.90. The van der Waals surface area contributed by atoms with Crippen LogP contribution in [0.2, 0.25) is 0 Å². The van der Waals surface area contributed by atoms with Crippen LogP contribution in [0.1, 0.15) is 42.6 Å². The first-order chi connectivity index (χ1) is 8.15. The Hall–Kier alpha value is -0.710. The van der Waals surface area contributed by atoms with Crippen molar-refractivity contribution in [3.63, 3.8) is 0 Å². The lowest BCUT2D eigenvalue weighted by Gasteiger charge is -2.20. The van der Waals surface area contributed by atoms with E-state index in [0.717, 1.165) is 11.8 Å². The van der Waals surface area contributed by atoms with Gasteiger partial charge in [-0.2, -0.15) is 0 Å². The fourth-order valence-electron chi connectivity index (χ4n) is 3.59. The Balaban J connectivity index is 1.72. The summed E-state index contributed by atoms with van der Waals surface area (Å²) in [5.74, 6) is 2.47. The summed E-state index contributed by atoms with van der Waals surface area (Å²) in [5, 5.41) is 7.73. The fraction of sp³-hybridized carbons (Fsp3) is 0.750. The summed E-state index contributed by atoms with van der Waals surface area (Å²) in [6.45, 7) is 0. The van der Waals surface area contributed by atoms with Crippen LogP contribution in [0, 0.1) is 17.8 Å². The quantitative estimate of drug-likeness (QED) is 0.806. The van der Waals surface area contributed by atoms with Crippen LogP contribution < -0.4 is 0 Å². The maximum Gasteiger partial charge on any atom is 0.183 e. The average Bonchev–Trinajstić information content (AvgIpc) is 2.94. The first kappa shape index (κ1) is 11.4. The Morgan fingerprint density at radius 3 is 2.82 bits per heavy atom. The molecule has 5 heteroatoms. The van der Waals surface area contributed by atoms with E-state index < -0.39 is 0 Å². The molecule has 92 valence electrons. The molecular weight excluding hydrogens is 282 g/mol. The number of rotatable bonds is 3. The summed E-state index contributed by atoms with van der Waals surface area (Å²) in [4.78, 5) is 12.2. The van der Waals surface area contributed by atoms with Crippen LogP contribution in [0.15, 0.2) is 4.60 Å². The van der Waals surface area contributed by atoms with Crippen LogP contribution in [0.4, 0.5) is 0 Å². The molecule has 1 aromatic heterocycles. The van der Waals surface area contributed by atoms with Crippen molar-refractivity contribution < 1.29 is 4.79 Å². The molecule has 0 N–H and O–H groups in total. The lowest BCUT2D eigenvalue weighted by atomic mass is 9.85. The number of carbonyl (C=O) groups excluding carboxylic acids is 1. The molecule has 3 atom stereocenters. The summed E-state index contributed by atoms with van der Waals surface area (Å²) in [5.41, 5.74) is 0.618. The topological polar surface area (TPSA) is 47.8 Å². The van der Waals surface area contributed by atoms with E-state index >= 15 is 0 Å². The molecular formula is C12H16BrN3O. The van der Waals surface area contributed by atoms with Crippen molar-refractivity contribution >= 4 is 21.7 Å². The minimum Gasteiger partial charge on any atom is -0.292 e. The monoisotopic (exact) mass is 297 g/mol. The Bertz CT molecular complexity index is 437. The van der Waals surface area contributed by atoms with Crippen molar-refractivity contribution in [2.45, 2.75) is 32.1 Å². The number of halogens is 1. The molecule has 2 bridgehead atoms. The van der Waals surface area contributed by atoms with E-state index in [0.29, 0.717) is 22.6 Å². The molecule has 4 nitrogen and oxygen atoms in total. The van der Waals surface area contributed by atoms with Gasteiger partial charge in [0.05, 0.1) is 0 Å². The standard InChI is InChI=1S/C12H16BrN3O/c1-16-11(12(13)14-15-16)10(17)6-9-5-7-2-3-8(9)4-7/h7-9H,2-6H2,1H3. The Kier molecular flexibility index (Phi) is 2.81. The molecule has 0 aromatic carbocycles. The van der Waals surface area contributed by atoms with E-state index in [1.165, 1.54) is 25.7 Å². The van der Waals surface area contributed by atoms with Crippen molar-refractivity contribution in [2.24, 2.45) is 24.8 Å². The number of hydrogen-bond acceptors (Lipinski definition) is 3. The van der Waals surface area contributed by atoms with Crippen LogP contribution in [0.3, 0.4) is 0 Å². The van der Waals surface area contributed by atoms with Crippen LogP contribution in [0.25, 0.3) is 0 Å². The van der Waals surface area contributed by atoms with Crippen molar-refractivity contribution in [3.05, 3.63) is 10.3 Å². The van der Waals surface area contributed by atoms with Gasteiger partial charge in [-0.05, 0) is 52.9 Å². The fourth-order valence-corrected chi connectivity index (χ4v) is 4.14. The molecule has 2 saturated carbocycles. The lowest BCUT2D eigenvalue weighted by Crippen LogP contribution is -2.17. The van der Waals surface area contributed by atoms with E-state index in [1.807, 2.05) is 0 Å². The Labute approximate surface area is 109 Å². The summed E-state index contributed by atoms with van der Waals surface area (Å²) < 4.78 is 2.15. The van der Waals surface area contributed by atoms with Crippen molar-refractivity contribution in [2.75, 3.05) is 0 Å². The van der Waals surface area contributed by atoms with Gasteiger partial charge in [0.2, 0.25) is 0 Å². The number of hydrogen-bond donors (Lipinski definition) is 0. The largest absolute Gasteiger partial charge is 0.292 e. The molecule has 0 amide bonds. The minimum absolute atomic E-state index is 0.182. The molecule has 0 spiro atoms. The normalized spacial score (nSPS) is 31.1. The van der Waals surface area contributed by atoms with E-state index in [-0.39, 0.29) is 5.78 Å². The van der Waals surface area contributed by atoms with Crippen molar-refractivity contribution in [1.82, 2.24) is 15.0 Å². The Morgan fingerprint density at radius 2 is 2.29 bits per heavy atom. The zero-order chi connectivity index (χ0) is 12.0. The van der Waals surface area contributed by atoms with Crippen molar-refractivity contribution in [1.29, 1.82) is 0 Å². The highest BCUT2D eigenvalue weighted by atomic mass is 79.9. The second-order valence-electron chi connectivity index (χ2n) is 5.41. The van der Waals surface area contributed by atoms with Gasteiger partial charge in [-0.25, -0.2) is 4.68 Å². The van der Waals surface area contributed by atoms with Gasteiger partial charge < -0.3 is 0 Å². The predicted molar refractivity (Wildman–Crippen MR) is 66.6 cm³/mol. The third-order valence-electron chi connectivity index (χ3n) is 4.38. The SMILES string of the molecule is Cn1nnc(Br)c1C(=O)CC1CC2CCC1C2. The maximum absolute atomic E-state index is 12.2. The van der Waals surface area contributed by atoms with E-state index in [9.17, 15) is 4.79 Å². The molecule has 1 aromatic rings. The number of nitrogens with zero attached hydrogens (tertiary/aromatic N) is 3. The number of fused-ring (bicyclic) bond motifs is 2. The third-order valence-corrected chi connectivity index (χ3v) is 4.92. The Morgan fingerprint density at radius 1 is 1.47 bits per heavy atom. The van der Waals surface area contributed by atoms with Gasteiger partial charge in [-0.15, -0.1) is 5.10 Å². The van der Waals surface area contributed by atoms with Gasteiger partial charge in [-0.3, -0.25) is 4.79 Å². The number of aryl methyl sites for hydroxylation is 1. The molecule has 17 heavy (non-hydrogen) atoms. The first-order valence-corrected chi connectivity index (χ1v) is 7.03. The van der Waals surface area contributed by atoms with Gasteiger partial charge in [0.15, 0.2) is 10.4 Å². The molecule has 0 saturated heterocycles. The molecule has 1 heterocycles.